The van der Waals surface area contributed by atoms with E-state index in [0.29, 0.717) is 47.0 Å². The molecule has 0 bridgehead atoms. The summed E-state index contributed by atoms with van der Waals surface area (Å²) in [7, 11) is 0. The van der Waals surface area contributed by atoms with Crippen LogP contribution >= 0.6 is 11.3 Å². The molecule has 1 fully saturated rings. The number of aromatic nitrogens is 4. The molecule has 1 amide bonds. The molecule has 3 aromatic heterocycles. The molecule has 0 radical (unpaired) electrons. The predicted octanol–water partition coefficient (Wildman–Crippen LogP) is 4.25. The first-order chi connectivity index (χ1) is 17.4. The lowest BCUT2D eigenvalue weighted by molar-refractivity contribution is 0.0509. The number of aryl methyl sites for hydroxylation is 2. The van der Waals surface area contributed by atoms with Crippen molar-refractivity contribution in [1.82, 2.24) is 25.0 Å². The molecular formula is C25H26N6O4S. The Morgan fingerprint density at radius 3 is 2.89 bits per heavy atom. The van der Waals surface area contributed by atoms with Crippen LogP contribution in [0.25, 0.3) is 22.2 Å². The van der Waals surface area contributed by atoms with Crippen LogP contribution in [0.4, 0.5) is 5.82 Å². The highest BCUT2D eigenvalue weighted by molar-refractivity contribution is 7.15. The number of hydrogen-bond acceptors (Lipinski definition) is 10. The first kappa shape index (κ1) is 23.9. The molecule has 4 heterocycles. The Bertz CT molecular complexity index is 1430. The fourth-order valence-electron chi connectivity index (χ4n) is 4.17. The number of likely N-dealkylation sites (tertiary alicyclic amines) is 1. The summed E-state index contributed by atoms with van der Waals surface area (Å²) in [6.07, 6.45) is 3.27. The number of benzene rings is 1. The molecule has 0 aliphatic carbocycles. The van der Waals surface area contributed by atoms with Crippen LogP contribution < -0.4 is 5.32 Å². The second-order valence-corrected chi connectivity index (χ2v) is 9.68. The summed E-state index contributed by atoms with van der Waals surface area (Å²) in [5, 5.41) is 9.79. The van der Waals surface area contributed by atoms with E-state index in [1.807, 2.05) is 31.2 Å². The van der Waals surface area contributed by atoms with E-state index in [9.17, 15) is 9.59 Å². The highest BCUT2D eigenvalue weighted by Gasteiger charge is 2.30. The van der Waals surface area contributed by atoms with Crippen molar-refractivity contribution >= 4 is 39.8 Å². The largest absolute Gasteiger partial charge is 0.461 e. The Balaban J connectivity index is 1.30. The van der Waals surface area contributed by atoms with Crippen molar-refractivity contribution in [1.29, 1.82) is 0 Å². The highest BCUT2D eigenvalue weighted by atomic mass is 32.1. The van der Waals surface area contributed by atoms with E-state index in [-0.39, 0.29) is 11.9 Å². The highest BCUT2D eigenvalue weighted by Crippen LogP contribution is 2.29. The number of pyridine rings is 1. The minimum absolute atomic E-state index is 0.0261. The van der Waals surface area contributed by atoms with Crippen molar-refractivity contribution in [2.24, 2.45) is 0 Å². The maximum absolute atomic E-state index is 13.1. The number of anilines is 1. The fraction of sp³-hybridized carbons (Fsp3) is 0.360. The zero-order chi connectivity index (χ0) is 25.2. The topological polar surface area (TPSA) is 123 Å². The normalized spacial score (nSPS) is 15.4. The van der Waals surface area contributed by atoms with Gasteiger partial charge in [0.1, 0.15) is 10.7 Å². The number of carbonyl (C=O) groups excluding carboxylic acids is 2. The molecule has 36 heavy (non-hydrogen) atoms. The molecule has 1 aliphatic rings. The molecule has 11 heteroatoms. The van der Waals surface area contributed by atoms with Gasteiger partial charge in [-0.15, -0.1) is 11.3 Å². The molecule has 1 N–H and O–H groups in total. The molecule has 1 aromatic carbocycles. The average Bonchev–Trinajstić information content (AvgIpc) is 3.62. The van der Waals surface area contributed by atoms with Gasteiger partial charge in [0, 0.05) is 43.2 Å². The number of rotatable bonds is 7. The van der Waals surface area contributed by atoms with Gasteiger partial charge in [-0.1, -0.05) is 24.2 Å². The van der Waals surface area contributed by atoms with E-state index in [4.69, 9.17) is 9.26 Å². The molecule has 5 rings (SSSR count). The number of nitrogens with one attached hydrogen (secondary N) is 1. The molecule has 0 unspecified atom stereocenters. The van der Waals surface area contributed by atoms with Gasteiger partial charge in [-0.3, -0.25) is 4.79 Å². The monoisotopic (exact) mass is 506 g/mol. The van der Waals surface area contributed by atoms with Crippen molar-refractivity contribution in [3.8, 4) is 11.4 Å². The van der Waals surface area contributed by atoms with Crippen LogP contribution in [-0.2, 0) is 4.74 Å². The second-order valence-electron chi connectivity index (χ2n) is 8.68. The molecule has 1 aliphatic heterocycles. The quantitative estimate of drug-likeness (QED) is 0.366. The smallest absolute Gasteiger partial charge is 0.350 e. The van der Waals surface area contributed by atoms with Crippen LogP contribution in [0.5, 0.6) is 0 Å². The lowest BCUT2D eigenvalue weighted by atomic mass is 10.1. The number of ether oxygens (including phenoxy) is 1. The minimum Gasteiger partial charge on any atom is -0.461 e. The van der Waals surface area contributed by atoms with Gasteiger partial charge in [-0.05, 0) is 37.3 Å². The predicted molar refractivity (Wildman–Crippen MR) is 135 cm³/mol. The Kier molecular flexibility index (Phi) is 6.64. The van der Waals surface area contributed by atoms with Gasteiger partial charge in [0.25, 0.3) is 5.91 Å². The lowest BCUT2D eigenvalue weighted by Crippen LogP contribution is -2.31. The van der Waals surface area contributed by atoms with Crippen LogP contribution in [0.3, 0.4) is 0 Å². The molecular weight excluding hydrogens is 480 g/mol. The third-order valence-corrected chi connectivity index (χ3v) is 7.10. The van der Waals surface area contributed by atoms with Crippen molar-refractivity contribution < 1.29 is 18.8 Å². The summed E-state index contributed by atoms with van der Waals surface area (Å²) in [6.45, 7) is 6.85. The van der Waals surface area contributed by atoms with Gasteiger partial charge >= 0.3 is 5.97 Å². The Labute approximate surface area is 211 Å². The second kappa shape index (κ2) is 10.0. The van der Waals surface area contributed by atoms with Crippen LogP contribution in [0, 0.1) is 13.8 Å². The summed E-state index contributed by atoms with van der Waals surface area (Å²) in [5.74, 6) is 1.16. The molecule has 186 valence electrons. The van der Waals surface area contributed by atoms with Crippen LogP contribution in [0.1, 0.15) is 50.8 Å². The van der Waals surface area contributed by atoms with Crippen molar-refractivity contribution in [3.63, 3.8) is 0 Å². The maximum Gasteiger partial charge on any atom is 0.350 e. The van der Waals surface area contributed by atoms with E-state index in [1.54, 1.807) is 24.9 Å². The van der Waals surface area contributed by atoms with Crippen molar-refractivity contribution in [2.45, 2.75) is 39.7 Å². The standard InChI is InChI=1S/C25H26N6O4S/c1-4-11-34-25(33)20-14(2)27-23(36-20)24(32)31-10-8-18(13-31)29-22-19-12-17(21-28-15(3)35-30-21)6-5-16(19)7-9-26-22/h5-7,9,12,18H,4,8,10-11,13H2,1-3H3,(H,26,29)/t18-/m0/s1. The van der Waals surface area contributed by atoms with Crippen molar-refractivity contribution in [2.75, 3.05) is 25.0 Å². The first-order valence-corrected chi connectivity index (χ1v) is 12.6. The number of nitrogens with zero attached hydrogens (tertiary/aromatic N) is 5. The number of thiazole rings is 1. The average molecular weight is 507 g/mol. The lowest BCUT2D eigenvalue weighted by Gasteiger charge is -2.17. The van der Waals surface area contributed by atoms with Gasteiger partial charge in [0.05, 0.1) is 12.3 Å². The maximum atomic E-state index is 13.1. The Morgan fingerprint density at radius 1 is 1.25 bits per heavy atom. The third kappa shape index (κ3) is 4.78. The Hall–Kier alpha value is -3.86. The molecule has 0 saturated carbocycles. The van der Waals surface area contributed by atoms with Gasteiger partial charge in [-0.2, -0.15) is 4.98 Å². The summed E-state index contributed by atoms with van der Waals surface area (Å²) in [5.41, 5.74) is 1.36. The third-order valence-electron chi connectivity index (χ3n) is 5.97. The summed E-state index contributed by atoms with van der Waals surface area (Å²) in [4.78, 5) is 40.7. The zero-order valence-corrected chi connectivity index (χ0v) is 21.1. The first-order valence-electron chi connectivity index (χ1n) is 11.8. The van der Waals surface area contributed by atoms with Crippen LogP contribution in [0.2, 0.25) is 0 Å². The summed E-state index contributed by atoms with van der Waals surface area (Å²) >= 11 is 1.09. The number of esters is 1. The van der Waals surface area contributed by atoms with Crippen LogP contribution in [0.15, 0.2) is 35.0 Å². The summed E-state index contributed by atoms with van der Waals surface area (Å²) < 4.78 is 10.3. The van der Waals surface area contributed by atoms with E-state index >= 15 is 0 Å². The van der Waals surface area contributed by atoms with Gasteiger partial charge in [0.15, 0.2) is 5.01 Å². The summed E-state index contributed by atoms with van der Waals surface area (Å²) in [6, 6.07) is 7.92. The van der Waals surface area contributed by atoms with Gasteiger partial charge in [0.2, 0.25) is 11.7 Å². The number of hydrogen-bond donors (Lipinski definition) is 1. The minimum atomic E-state index is -0.427. The van der Waals surface area contributed by atoms with Crippen molar-refractivity contribution in [3.05, 3.63) is 51.9 Å². The van der Waals surface area contributed by atoms with Gasteiger partial charge in [-0.25, -0.2) is 14.8 Å². The van der Waals surface area contributed by atoms with E-state index in [0.717, 1.165) is 46.3 Å². The number of amides is 1. The molecule has 1 atom stereocenters. The number of carbonyl (C=O) groups is 2. The molecule has 0 spiro atoms. The van der Waals surface area contributed by atoms with E-state index in [1.165, 1.54) is 0 Å². The SMILES string of the molecule is CCCOC(=O)c1sc(C(=O)N2CC[C@H](Nc3nccc4ccc(-c5noc(C)n5)cc34)C2)nc1C. The Morgan fingerprint density at radius 2 is 2.11 bits per heavy atom. The molecule has 1 saturated heterocycles. The van der Waals surface area contributed by atoms with Gasteiger partial charge < -0.3 is 19.5 Å². The van der Waals surface area contributed by atoms with Crippen LogP contribution in [-0.4, -0.2) is 62.6 Å². The molecule has 4 aromatic rings. The zero-order valence-electron chi connectivity index (χ0n) is 20.3. The van der Waals surface area contributed by atoms with E-state index < -0.39 is 5.97 Å². The van der Waals surface area contributed by atoms with E-state index in [2.05, 4.69) is 25.4 Å². The molecule has 10 nitrogen and oxygen atoms in total. The fourth-order valence-corrected chi connectivity index (χ4v) is 5.10. The number of fused-ring (bicyclic) bond motifs is 1.